The fraction of sp³-hybridized carbons (Fsp3) is 0.556. The van der Waals surface area contributed by atoms with E-state index in [9.17, 15) is 5.11 Å². The lowest BCUT2D eigenvalue weighted by atomic mass is 9.88. The summed E-state index contributed by atoms with van der Waals surface area (Å²) < 4.78 is 4.88. The van der Waals surface area contributed by atoms with Crippen LogP contribution in [0.15, 0.2) is 36.4 Å². The van der Waals surface area contributed by atoms with Gasteiger partial charge in [-0.15, -0.1) is 0 Å². The highest BCUT2D eigenvalue weighted by atomic mass is 127. The molecule has 32 heavy (non-hydrogen) atoms. The van der Waals surface area contributed by atoms with Crippen molar-refractivity contribution in [3.8, 4) is 0 Å². The number of benzene rings is 2. The minimum atomic E-state index is -0.351. The summed E-state index contributed by atoms with van der Waals surface area (Å²) in [6.07, 6.45) is 13.1. The fourth-order valence-corrected chi connectivity index (χ4v) is 7.16. The van der Waals surface area contributed by atoms with Crippen molar-refractivity contribution in [1.29, 1.82) is 0 Å². The zero-order valence-electron chi connectivity index (χ0n) is 18.8. The van der Waals surface area contributed by atoms with Gasteiger partial charge in [0.25, 0.3) is 0 Å². The van der Waals surface area contributed by atoms with Crippen LogP contribution in [0.3, 0.4) is 0 Å². The van der Waals surface area contributed by atoms with E-state index in [0.29, 0.717) is 18.6 Å². The standard InChI is InChI=1S/C27H34I2N2O/c28-19-11-13-26-24(15-19)25-16-20(29)12-14-27(25)31(26)18-23(32)17-30(21-7-3-1-4-8-21)22-9-5-2-6-10-22/h11-16,21-23,32H,1-10,17-18H2. The first-order chi connectivity index (χ1) is 15.6. The second-order valence-electron chi connectivity index (χ2n) is 9.87. The summed E-state index contributed by atoms with van der Waals surface area (Å²) in [7, 11) is 0. The minimum absolute atomic E-state index is 0.351. The molecule has 0 saturated heterocycles. The molecule has 2 aromatic carbocycles. The molecule has 2 aliphatic carbocycles. The van der Waals surface area contributed by atoms with Gasteiger partial charge < -0.3 is 9.67 Å². The zero-order valence-corrected chi connectivity index (χ0v) is 23.1. The molecule has 5 rings (SSSR count). The summed E-state index contributed by atoms with van der Waals surface area (Å²) in [4.78, 5) is 2.74. The largest absolute Gasteiger partial charge is 0.390 e. The van der Waals surface area contributed by atoms with E-state index in [2.05, 4.69) is 91.0 Å². The molecule has 1 aromatic heterocycles. The topological polar surface area (TPSA) is 28.4 Å². The Morgan fingerprint density at radius 3 is 1.72 bits per heavy atom. The lowest BCUT2D eigenvalue weighted by molar-refractivity contribution is 0.0242. The zero-order chi connectivity index (χ0) is 22.1. The van der Waals surface area contributed by atoms with Crippen molar-refractivity contribution in [2.45, 2.75) is 88.9 Å². The predicted octanol–water partition coefficient (Wildman–Crippen LogP) is 7.33. The first-order valence-electron chi connectivity index (χ1n) is 12.4. The van der Waals surface area contributed by atoms with Gasteiger partial charge in [-0.3, -0.25) is 4.90 Å². The summed E-state index contributed by atoms with van der Waals surface area (Å²) >= 11 is 4.80. The predicted molar refractivity (Wildman–Crippen MR) is 151 cm³/mol. The molecule has 0 aliphatic heterocycles. The molecule has 0 spiro atoms. The van der Waals surface area contributed by atoms with E-state index >= 15 is 0 Å². The van der Waals surface area contributed by atoms with E-state index in [0.717, 1.165) is 6.54 Å². The van der Waals surface area contributed by atoms with Crippen molar-refractivity contribution in [3.05, 3.63) is 43.5 Å². The van der Waals surface area contributed by atoms with Crippen LogP contribution in [-0.4, -0.2) is 39.3 Å². The summed E-state index contributed by atoms with van der Waals surface area (Å²) in [6, 6.07) is 14.7. The molecule has 1 N–H and O–H groups in total. The number of aliphatic hydroxyl groups is 1. The SMILES string of the molecule is OC(CN(C1CCCCC1)C1CCCCC1)Cn1c2ccc(I)cc2c2cc(I)ccc21. The van der Waals surface area contributed by atoms with E-state index in [-0.39, 0.29) is 6.10 Å². The van der Waals surface area contributed by atoms with Crippen molar-refractivity contribution in [1.82, 2.24) is 9.47 Å². The molecular weight excluding hydrogens is 622 g/mol. The molecule has 0 radical (unpaired) electrons. The number of rotatable bonds is 6. The van der Waals surface area contributed by atoms with Gasteiger partial charge in [-0.1, -0.05) is 38.5 Å². The Bertz CT molecular complexity index is 989. The molecule has 2 aliphatic rings. The van der Waals surface area contributed by atoms with Gasteiger partial charge in [-0.25, -0.2) is 0 Å². The molecule has 1 atom stereocenters. The molecule has 172 valence electrons. The van der Waals surface area contributed by atoms with Crippen molar-refractivity contribution >= 4 is 67.0 Å². The highest BCUT2D eigenvalue weighted by molar-refractivity contribution is 14.1. The lowest BCUT2D eigenvalue weighted by Crippen LogP contribution is -2.49. The van der Waals surface area contributed by atoms with Gasteiger partial charge in [-0.05, 0) is 107 Å². The Labute approximate surface area is 219 Å². The Balaban J connectivity index is 1.43. The lowest BCUT2D eigenvalue weighted by Gasteiger charge is -2.42. The first kappa shape index (κ1) is 23.4. The number of fused-ring (bicyclic) bond motifs is 3. The van der Waals surface area contributed by atoms with Gasteiger partial charge >= 0.3 is 0 Å². The Kier molecular flexibility index (Phi) is 7.66. The van der Waals surface area contributed by atoms with Crippen LogP contribution in [0.4, 0.5) is 0 Å². The maximum atomic E-state index is 11.4. The molecule has 5 heteroatoms. The molecule has 0 bridgehead atoms. The summed E-state index contributed by atoms with van der Waals surface area (Å²) in [5.41, 5.74) is 2.48. The average Bonchev–Trinajstić information content (AvgIpc) is 3.10. The van der Waals surface area contributed by atoms with Gasteiger partial charge in [0.1, 0.15) is 0 Å². The first-order valence-corrected chi connectivity index (χ1v) is 14.6. The van der Waals surface area contributed by atoms with Gasteiger partial charge in [0.15, 0.2) is 0 Å². The fourth-order valence-electron chi connectivity index (χ4n) is 6.18. The molecule has 1 heterocycles. The van der Waals surface area contributed by atoms with Gasteiger partial charge in [0.05, 0.1) is 12.6 Å². The number of halogens is 2. The summed E-state index contributed by atoms with van der Waals surface area (Å²) in [5, 5.41) is 14.0. The molecular formula is C27H34I2N2O. The number of nitrogens with zero attached hydrogens (tertiary/aromatic N) is 2. The summed E-state index contributed by atoms with van der Waals surface area (Å²) in [6.45, 7) is 1.47. The van der Waals surface area contributed by atoms with E-state index in [4.69, 9.17) is 0 Å². The molecule has 1 unspecified atom stereocenters. The van der Waals surface area contributed by atoms with Crippen molar-refractivity contribution in [2.75, 3.05) is 6.54 Å². The van der Waals surface area contributed by atoms with E-state index < -0.39 is 0 Å². The number of hydrogen-bond donors (Lipinski definition) is 1. The van der Waals surface area contributed by atoms with Crippen molar-refractivity contribution < 1.29 is 5.11 Å². The third-order valence-electron chi connectivity index (χ3n) is 7.69. The second kappa shape index (κ2) is 10.5. The third-order valence-corrected chi connectivity index (χ3v) is 9.03. The van der Waals surface area contributed by atoms with Crippen LogP contribution in [0.25, 0.3) is 21.8 Å². The maximum Gasteiger partial charge on any atom is 0.0846 e. The van der Waals surface area contributed by atoms with Crippen LogP contribution in [0.5, 0.6) is 0 Å². The van der Waals surface area contributed by atoms with Crippen LogP contribution in [0.1, 0.15) is 64.2 Å². The second-order valence-corrected chi connectivity index (χ2v) is 12.4. The maximum absolute atomic E-state index is 11.4. The van der Waals surface area contributed by atoms with Gasteiger partial charge in [0.2, 0.25) is 0 Å². The molecule has 2 saturated carbocycles. The molecule has 3 aromatic rings. The Hall–Kier alpha value is -0.380. The number of aromatic nitrogens is 1. The van der Waals surface area contributed by atoms with Crippen molar-refractivity contribution in [2.24, 2.45) is 0 Å². The van der Waals surface area contributed by atoms with Gasteiger partial charge in [-0.2, -0.15) is 0 Å². The van der Waals surface area contributed by atoms with Crippen molar-refractivity contribution in [3.63, 3.8) is 0 Å². The third kappa shape index (κ3) is 5.01. The van der Waals surface area contributed by atoms with E-state index in [1.807, 2.05) is 0 Å². The number of aliphatic hydroxyl groups excluding tert-OH is 1. The van der Waals surface area contributed by atoms with Crippen LogP contribution in [0.2, 0.25) is 0 Å². The highest BCUT2D eigenvalue weighted by Crippen LogP contribution is 2.33. The van der Waals surface area contributed by atoms with Gasteiger partial charge in [0, 0.05) is 47.6 Å². The van der Waals surface area contributed by atoms with E-state index in [1.54, 1.807) is 0 Å². The van der Waals surface area contributed by atoms with E-state index in [1.165, 1.54) is 93.2 Å². The Morgan fingerprint density at radius 2 is 1.25 bits per heavy atom. The molecule has 3 nitrogen and oxygen atoms in total. The van der Waals surface area contributed by atoms with Crippen LogP contribution in [0, 0.1) is 7.14 Å². The Morgan fingerprint density at radius 1 is 0.781 bits per heavy atom. The molecule has 2 fully saturated rings. The van der Waals surface area contributed by atoms with Crippen LogP contribution in [-0.2, 0) is 6.54 Å². The highest BCUT2D eigenvalue weighted by Gasteiger charge is 2.30. The normalized spacial score (nSPS) is 19.9. The molecule has 0 amide bonds. The quantitative estimate of drug-likeness (QED) is 0.282. The van der Waals surface area contributed by atoms with Crippen LogP contribution < -0.4 is 0 Å². The summed E-state index contributed by atoms with van der Waals surface area (Å²) in [5.74, 6) is 0. The monoisotopic (exact) mass is 656 g/mol. The number of hydrogen-bond acceptors (Lipinski definition) is 2. The average molecular weight is 656 g/mol. The van der Waals surface area contributed by atoms with Crippen LogP contribution >= 0.6 is 45.2 Å². The smallest absolute Gasteiger partial charge is 0.0846 e. The minimum Gasteiger partial charge on any atom is -0.390 e.